The molecule has 2 rings (SSSR count). The third-order valence-corrected chi connectivity index (χ3v) is 4.03. The number of benzene rings is 1. The SMILES string of the molecule is CC1(C)CCCNC1C(=O)NCc1ccccc1[N+](=O)[O-]. The third kappa shape index (κ3) is 3.58. The van der Waals surface area contributed by atoms with Crippen LogP contribution in [0.4, 0.5) is 5.69 Å². The second kappa shape index (κ2) is 6.22. The van der Waals surface area contributed by atoms with Crippen LogP contribution in [-0.4, -0.2) is 23.4 Å². The van der Waals surface area contributed by atoms with Gasteiger partial charge in [0, 0.05) is 18.2 Å². The van der Waals surface area contributed by atoms with Gasteiger partial charge in [-0.3, -0.25) is 14.9 Å². The van der Waals surface area contributed by atoms with Crippen LogP contribution in [0.1, 0.15) is 32.3 Å². The molecule has 6 nitrogen and oxygen atoms in total. The molecule has 0 radical (unpaired) electrons. The summed E-state index contributed by atoms with van der Waals surface area (Å²) in [7, 11) is 0. The van der Waals surface area contributed by atoms with Gasteiger partial charge in [-0.15, -0.1) is 0 Å². The summed E-state index contributed by atoms with van der Waals surface area (Å²) in [6.07, 6.45) is 2.05. The molecule has 1 heterocycles. The molecule has 0 spiro atoms. The van der Waals surface area contributed by atoms with Gasteiger partial charge in [0.05, 0.1) is 11.0 Å². The number of amides is 1. The van der Waals surface area contributed by atoms with E-state index in [0.29, 0.717) is 5.56 Å². The van der Waals surface area contributed by atoms with Crippen molar-refractivity contribution in [2.24, 2.45) is 5.41 Å². The number of nitrogens with one attached hydrogen (secondary N) is 2. The average molecular weight is 291 g/mol. The Bertz CT molecular complexity index is 543. The Labute approximate surface area is 124 Å². The quantitative estimate of drug-likeness (QED) is 0.656. The molecule has 1 saturated heterocycles. The molecule has 0 aliphatic carbocycles. The van der Waals surface area contributed by atoms with Gasteiger partial charge in [-0.05, 0) is 24.8 Å². The molecule has 1 aliphatic rings. The highest BCUT2D eigenvalue weighted by molar-refractivity contribution is 5.82. The lowest BCUT2D eigenvalue weighted by Crippen LogP contribution is -2.55. The lowest BCUT2D eigenvalue weighted by molar-refractivity contribution is -0.385. The van der Waals surface area contributed by atoms with E-state index in [2.05, 4.69) is 24.5 Å². The maximum Gasteiger partial charge on any atom is 0.274 e. The van der Waals surface area contributed by atoms with Crippen LogP contribution >= 0.6 is 0 Å². The lowest BCUT2D eigenvalue weighted by atomic mass is 9.77. The van der Waals surface area contributed by atoms with E-state index in [0.717, 1.165) is 19.4 Å². The van der Waals surface area contributed by atoms with E-state index in [1.165, 1.54) is 6.07 Å². The number of nitro groups is 1. The zero-order chi connectivity index (χ0) is 15.5. The zero-order valence-corrected chi connectivity index (χ0v) is 12.4. The van der Waals surface area contributed by atoms with Crippen molar-refractivity contribution in [3.8, 4) is 0 Å². The monoisotopic (exact) mass is 291 g/mol. The third-order valence-electron chi connectivity index (χ3n) is 4.03. The largest absolute Gasteiger partial charge is 0.350 e. The maximum absolute atomic E-state index is 12.3. The van der Waals surface area contributed by atoms with Crippen LogP contribution in [0.5, 0.6) is 0 Å². The fourth-order valence-corrected chi connectivity index (χ4v) is 2.78. The van der Waals surface area contributed by atoms with Crippen molar-refractivity contribution in [1.82, 2.24) is 10.6 Å². The van der Waals surface area contributed by atoms with Crippen LogP contribution in [-0.2, 0) is 11.3 Å². The zero-order valence-electron chi connectivity index (χ0n) is 12.4. The number of rotatable bonds is 4. The summed E-state index contributed by atoms with van der Waals surface area (Å²) in [6, 6.07) is 6.21. The van der Waals surface area contributed by atoms with Crippen molar-refractivity contribution in [2.75, 3.05) is 6.54 Å². The molecule has 1 aliphatic heterocycles. The van der Waals surface area contributed by atoms with E-state index in [1.54, 1.807) is 18.2 Å². The van der Waals surface area contributed by atoms with E-state index in [-0.39, 0.29) is 29.6 Å². The van der Waals surface area contributed by atoms with Gasteiger partial charge >= 0.3 is 0 Å². The van der Waals surface area contributed by atoms with Crippen LogP contribution in [0.25, 0.3) is 0 Å². The molecule has 1 atom stereocenters. The van der Waals surface area contributed by atoms with Crippen LogP contribution in [0, 0.1) is 15.5 Å². The van der Waals surface area contributed by atoms with Gasteiger partial charge in [0.25, 0.3) is 5.69 Å². The van der Waals surface area contributed by atoms with Crippen molar-refractivity contribution in [3.05, 3.63) is 39.9 Å². The molecular weight excluding hydrogens is 270 g/mol. The molecular formula is C15H21N3O3. The number of carbonyl (C=O) groups excluding carboxylic acids is 1. The Morgan fingerprint density at radius 3 is 2.86 bits per heavy atom. The van der Waals surface area contributed by atoms with Crippen LogP contribution in [0.15, 0.2) is 24.3 Å². The fourth-order valence-electron chi connectivity index (χ4n) is 2.78. The van der Waals surface area contributed by atoms with Gasteiger partial charge < -0.3 is 10.6 Å². The van der Waals surface area contributed by atoms with Crippen LogP contribution in [0.2, 0.25) is 0 Å². The first-order valence-electron chi connectivity index (χ1n) is 7.15. The summed E-state index contributed by atoms with van der Waals surface area (Å²) < 4.78 is 0. The minimum atomic E-state index is -0.426. The van der Waals surface area contributed by atoms with E-state index >= 15 is 0 Å². The van der Waals surface area contributed by atoms with Crippen LogP contribution in [0.3, 0.4) is 0 Å². The topological polar surface area (TPSA) is 84.3 Å². The van der Waals surface area contributed by atoms with E-state index in [1.807, 2.05) is 0 Å². The molecule has 21 heavy (non-hydrogen) atoms. The molecule has 114 valence electrons. The summed E-state index contributed by atoms with van der Waals surface area (Å²) in [5.74, 6) is -0.0992. The van der Waals surface area contributed by atoms with Gasteiger partial charge in [0.2, 0.25) is 5.91 Å². The van der Waals surface area contributed by atoms with Gasteiger partial charge in [-0.25, -0.2) is 0 Å². The van der Waals surface area contributed by atoms with E-state index in [9.17, 15) is 14.9 Å². The Balaban J connectivity index is 2.03. The molecule has 1 aromatic carbocycles. The Kier molecular flexibility index (Phi) is 4.57. The highest BCUT2D eigenvalue weighted by Gasteiger charge is 2.36. The molecule has 1 unspecified atom stereocenters. The molecule has 0 saturated carbocycles. The van der Waals surface area contributed by atoms with Gasteiger partial charge in [0.1, 0.15) is 0 Å². The highest BCUT2D eigenvalue weighted by atomic mass is 16.6. The van der Waals surface area contributed by atoms with E-state index < -0.39 is 4.92 Å². The molecule has 6 heteroatoms. The molecule has 2 N–H and O–H groups in total. The van der Waals surface area contributed by atoms with Gasteiger partial charge in [-0.1, -0.05) is 32.0 Å². The highest BCUT2D eigenvalue weighted by Crippen LogP contribution is 2.30. The van der Waals surface area contributed by atoms with Crippen molar-refractivity contribution in [3.63, 3.8) is 0 Å². The minimum absolute atomic E-state index is 0.0358. The van der Waals surface area contributed by atoms with Gasteiger partial charge in [0.15, 0.2) is 0 Å². The number of nitrogens with zero attached hydrogens (tertiary/aromatic N) is 1. The summed E-state index contributed by atoms with van der Waals surface area (Å²) >= 11 is 0. The number of hydrogen-bond donors (Lipinski definition) is 2. The lowest BCUT2D eigenvalue weighted by Gasteiger charge is -2.38. The normalized spacial score (nSPS) is 20.8. The first kappa shape index (κ1) is 15.4. The van der Waals surface area contributed by atoms with Gasteiger partial charge in [-0.2, -0.15) is 0 Å². The summed E-state index contributed by atoms with van der Waals surface area (Å²) in [5.41, 5.74) is 0.448. The maximum atomic E-state index is 12.3. The fraction of sp³-hybridized carbons (Fsp3) is 0.533. The first-order valence-corrected chi connectivity index (χ1v) is 7.15. The number of para-hydroxylation sites is 1. The number of carbonyl (C=O) groups is 1. The molecule has 1 aromatic rings. The second-order valence-electron chi connectivity index (χ2n) is 6.08. The predicted octanol–water partition coefficient (Wildman–Crippen LogP) is 1.99. The number of piperidine rings is 1. The standard InChI is InChI=1S/C15H21N3O3/c1-15(2)8-5-9-16-13(15)14(19)17-10-11-6-3-4-7-12(11)18(20)21/h3-4,6-7,13,16H,5,8-10H2,1-2H3,(H,17,19). The summed E-state index contributed by atoms with van der Waals surface area (Å²) in [6.45, 7) is 5.12. The van der Waals surface area contributed by atoms with Crippen molar-refractivity contribution >= 4 is 11.6 Å². The van der Waals surface area contributed by atoms with E-state index in [4.69, 9.17) is 0 Å². The Morgan fingerprint density at radius 1 is 1.48 bits per heavy atom. The Morgan fingerprint density at radius 2 is 2.19 bits per heavy atom. The van der Waals surface area contributed by atoms with Crippen molar-refractivity contribution in [2.45, 2.75) is 39.3 Å². The molecule has 1 fully saturated rings. The molecule has 0 bridgehead atoms. The predicted molar refractivity (Wildman–Crippen MR) is 79.7 cm³/mol. The van der Waals surface area contributed by atoms with Crippen molar-refractivity contribution in [1.29, 1.82) is 0 Å². The number of nitro benzene ring substituents is 1. The van der Waals surface area contributed by atoms with Crippen LogP contribution < -0.4 is 10.6 Å². The second-order valence-corrected chi connectivity index (χ2v) is 6.08. The summed E-state index contributed by atoms with van der Waals surface area (Å²) in [5, 5.41) is 17.0. The minimum Gasteiger partial charge on any atom is -0.350 e. The number of hydrogen-bond acceptors (Lipinski definition) is 4. The first-order chi connectivity index (χ1) is 9.92. The smallest absolute Gasteiger partial charge is 0.274 e. The van der Waals surface area contributed by atoms with Crippen molar-refractivity contribution < 1.29 is 9.72 Å². The Hall–Kier alpha value is -1.95. The average Bonchev–Trinajstić information content (AvgIpc) is 2.44. The molecule has 0 aromatic heterocycles. The molecule has 1 amide bonds. The summed E-state index contributed by atoms with van der Waals surface area (Å²) in [4.78, 5) is 22.9.